The summed E-state index contributed by atoms with van der Waals surface area (Å²) in [6.45, 7) is 0.744. The average molecular weight is 486 g/mol. The second-order valence-electron chi connectivity index (χ2n) is 6.98. The molecule has 0 radical (unpaired) electrons. The summed E-state index contributed by atoms with van der Waals surface area (Å²) < 4.78 is 0.888. The van der Waals surface area contributed by atoms with Crippen LogP contribution in [0.5, 0.6) is 0 Å². The van der Waals surface area contributed by atoms with Gasteiger partial charge in [-0.25, -0.2) is 0 Å². The van der Waals surface area contributed by atoms with Crippen LogP contribution in [0.15, 0.2) is 33.6 Å². The van der Waals surface area contributed by atoms with Crippen LogP contribution in [0, 0.1) is 0 Å². The average Bonchev–Trinajstić information content (AvgIpc) is 2.90. The standard InChI is InChI=1S/C21H28BrNO3S2/c22-17-11-9-10-16(14-17)15-18-20(26)23(21(27)28-18)13-8-6-4-2-1-3-5-7-12-19(24)25/h9-11,14-15,21,27H,1-8,12-13H2,(H,24,25)/b18-15-. The molecule has 2 rings (SSSR count). The molecule has 1 aliphatic rings. The Balaban J connectivity index is 1.64. The first kappa shape index (κ1) is 23.4. The van der Waals surface area contributed by atoms with Crippen LogP contribution < -0.4 is 0 Å². The number of hydrogen-bond donors (Lipinski definition) is 2. The van der Waals surface area contributed by atoms with Crippen LogP contribution in [0.3, 0.4) is 0 Å². The third-order valence-electron chi connectivity index (χ3n) is 4.66. The van der Waals surface area contributed by atoms with Crippen molar-refractivity contribution in [3.05, 3.63) is 39.2 Å². The molecule has 1 fully saturated rings. The van der Waals surface area contributed by atoms with E-state index in [9.17, 15) is 9.59 Å². The van der Waals surface area contributed by atoms with Crippen LogP contribution >= 0.6 is 40.3 Å². The zero-order chi connectivity index (χ0) is 20.4. The number of thioether (sulfide) groups is 1. The number of carbonyl (C=O) groups is 2. The fourth-order valence-corrected chi connectivity index (χ4v) is 5.10. The third-order valence-corrected chi connectivity index (χ3v) is 6.76. The van der Waals surface area contributed by atoms with E-state index in [1.807, 2.05) is 35.2 Å². The molecule has 1 atom stereocenters. The highest BCUT2D eigenvalue weighted by Gasteiger charge is 2.33. The second kappa shape index (κ2) is 12.6. The van der Waals surface area contributed by atoms with Crippen LogP contribution in [0.25, 0.3) is 6.08 Å². The van der Waals surface area contributed by atoms with Crippen molar-refractivity contribution in [1.82, 2.24) is 4.90 Å². The summed E-state index contributed by atoms with van der Waals surface area (Å²) in [7, 11) is 0. The topological polar surface area (TPSA) is 57.6 Å². The van der Waals surface area contributed by atoms with Gasteiger partial charge in [0.2, 0.25) is 0 Å². The number of benzene rings is 1. The minimum Gasteiger partial charge on any atom is -0.481 e. The Morgan fingerprint density at radius 1 is 1.14 bits per heavy atom. The van der Waals surface area contributed by atoms with Gasteiger partial charge in [0, 0.05) is 17.4 Å². The summed E-state index contributed by atoms with van der Waals surface area (Å²) in [6, 6.07) is 7.92. The lowest BCUT2D eigenvalue weighted by Gasteiger charge is -2.19. The molecule has 1 saturated heterocycles. The van der Waals surface area contributed by atoms with Gasteiger partial charge in [0.05, 0.1) is 4.91 Å². The van der Waals surface area contributed by atoms with E-state index in [1.54, 1.807) is 0 Å². The summed E-state index contributed by atoms with van der Waals surface area (Å²) in [4.78, 5) is 25.7. The zero-order valence-electron chi connectivity index (χ0n) is 16.0. The predicted molar refractivity (Wildman–Crippen MR) is 123 cm³/mol. The Labute approximate surface area is 185 Å². The van der Waals surface area contributed by atoms with Crippen LogP contribution in [-0.2, 0) is 9.59 Å². The molecule has 0 spiro atoms. The maximum atomic E-state index is 12.7. The number of carboxylic acids is 1. The molecule has 1 aromatic carbocycles. The van der Waals surface area contributed by atoms with Gasteiger partial charge < -0.3 is 10.0 Å². The van der Waals surface area contributed by atoms with Gasteiger partial charge in [-0.1, -0.05) is 78.3 Å². The molecule has 0 saturated carbocycles. The highest BCUT2D eigenvalue weighted by molar-refractivity contribution is 9.10. The summed E-state index contributed by atoms with van der Waals surface area (Å²) in [5.41, 5.74) is 1.01. The third kappa shape index (κ3) is 8.21. The van der Waals surface area contributed by atoms with E-state index in [0.29, 0.717) is 0 Å². The van der Waals surface area contributed by atoms with Crippen molar-refractivity contribution >= 4 is 58.3 Å². The first-order valence-electron chi connectivity index (χ1n) is 9.82. The van der Waals surface area contributed by atoms with E-state index in [0.717, 1.165) is 66.4 Å². The predicted octanol–water partition coefficient (Wildman–Crippen LogP) is 6.17. The maximum Gasteiger partial charge on any atom is 0.303 e. The first-order chi connectivity index (χ1) is 13.5. The molecular weight excluding hydrogens is 458 g/mol. The Morgan fingerprint density at radius 2 is 1.79 bits per heavy atom. The van der Waals surface area contributed by atoms with Crippen LogP contribution in [0.1, 0.15) is 63.4 Å². The van der Waals surface area contributed by atoms with Crippen molar-refractivity contribution in [2.24, 2.45) is 0 Å². The quantitative estimate of drug-likeness (QED) is 0.211. The van der Waals surface area contributed by atoms with Gasteiger partial charge in [0.25, 0.3) is 5.91 Å². The Hall–Kier alpha value is -0.920. The normalized spacial score (nSPS) is 18.2. The van der Waals surface area contributed by atoms with Crippen molar-refractivity contribution in [3.63, 3.8) is 0 Å². The Bertz CT molecular complexity index is 696. The Morgan fingerprint density at radius 3 is 2.43 bits per heavy atom. The van der Waals surface area contributed by atoms with Gasteiger partial charge in [-0.15, -0.1) is 12.6 Å². The number of carboxylic acid groups (broad SMARTS) is 1. The second-order valence-corrected chi connectivity index (χ2v) is 9.85. The number of thiol groups is 1. The van der Waals surface area contributed by atoms with Gasteiger partial charge in [0.1, 0.15) is 4.71 Å². The monoisotopic (exact) mass is 485 g/mol. The molecule has 1 unspecified atom stereocenters. The summed E-state index contributed by atoms with van der Waals surface area (Å²) in [5, 5.41) is 8.60. The number of halogens is 1. The van der Waals surface area contributed by atoms with E-state index in [1.165, 1.54) is 18.2 Å². The molecule has 28 heavy (non-hydrogen) atoms. The summed E-state index contributed by atoms with van der Waals surface area (Å²) in [5.74, 6) is -0.629. The van der Waals surface area contributed by atoms with E-state index in [2.05, 4.69) is 28.6 Å². The number of hydrogen-bond acceptors (Lipinski definition) is 4. The van der Waals surface area contributed by atoms with Gasteiger partial charge in [-0.2, -0.15) is 0 Å². The number of rotatable bonds is 12. The van der Waals surface area contributed by atoms with E-state index in [4.69, 9.17) is 5.11 Å². The Kier molecular flexibility index (Phi) is 10.5. The van der Waals surface area contributed by atoms with E-state index >= 15 is 0 Å². The molecule has 1 amide bonds. The minimum absolute atomic E-state index is 0.0726. The molecule has 1 heterocycles. The molecular formula is C21H28BrNO3S2. The van der Waals surface area contributed by atoms with E-state index < -0.39 is 5.97 Å². The lowest BCUT2D eigenvalue weighted by Crippen LogP contribution is -2.30. The molecule has 0 aromatic heterocycles. The van der Waals surface area contributed by atoms with Gasteiger partial charge in [-0.3, -0.25) is 9.59 Å². The van der Waals surface area contributed by atoms with Crippen LogP contribution in [-0.4, -0.2) is 33.1 Å². The van der Waals surface area contributed by atoms with Crippen LogP contribution in [0.4, 0.5) is 0 Å². The van der Waals surface area contributed by atoms with Crippen molar-refractivity contribution < 1.29 is 14.7 Å². The molecule has 4 nitrogen and oxygen atoms in total. The molecule has 1 N–H and O–H groups in total. The van der Waals surface area contributed by atoms with Gasteiger partial charge in [0.15, 0.2) is 0 Å². The summed E-state index contributed by atoms with van der Waals surface area (Å²) >= 11 is 9.54. The molecule has 154 valence electrons. The number of unbranched alkanes of at least 4 members (excludes halogenated alkanes) is 7. The number of carbonyl (C=O) groups excluding carboxylic acids is 1. The fourth-order valence-electron chi connectivity index (χ4n) is 3.14. The number of aliphatic carboxylic acids is 1. The lowest BCUT2D eigenvalue weighted by molar-refractivity contribution is -0.137. The highest BCUT2D eigenvalue weighted by atomic mass is 79.9. The summed E-state index contributed by atoms with van der Waals surface area (Å²) in [6.07, 6.45) is 10.7. The molecule has 1 aromatic rings. The lowest BCUT2D eigenvalue weighted by atomic mass is 10.1. The largest absolute Gasteiger partial charge is 0.481 e. The first-order valence-corrected chi connectivity index (χ1v) is 12.0. The maximum absolute atomic E-state index is 12.7. The smallest absolute Gasteiger partial charge is 0.303 e. The van der Waals surface area contributed by atoms with Crippen molar-refractivity contribution in [1.29, 1.82) is 0 Å². The number of amides is 1. The molecule has 0 aliphatic carbocycles. The van der Waals surface area contributed by atoms with Crippen molar-refractivity contribution in [2.45, 2.75) is 62.5 Å². The van der Waals surface area contributed by atoms with E-state index in [-0.39, 0.29) is 17.0 Å². The fraction of sp³-hybridized carbons (Fsp3) is 0.524. The van der Waals surface area contributed by atoms with Crippen molar-refractivity contribution in [2.75, 3.05) is 6.54 Å². The molecule has 7 heteroatoms. The molecule has 0 bridgehead atoms. The minimum atomic E-state index is -0.702. The SMILES string of the molecule is O=C(O)CCCCCCCCCCN1C(=O)/C(=C/c2cccc(Br)c2)SC1S. The molecule has 1 aliphatic heterocycles. The van der Waals surface area contributed by atoms with Crippen molar-refractivity contribution in [3.8, 4) is 0 Å². The van der Waals surface area contributed by atoms with Gasteiger partial charge in [-0.05, 0) is 36.6 Å². The van der Waals surface area contributed by atoms with Crippen LogP contribution in [0.2, 0.25) is 0 Å². The zero-order valence-corrected chi connectivity index (χ0v) is 19.3. The highest BCUT2D eigenvalue weighted by Crippen LogP contribution is 2.38. The number of nitrogens with zero attached hydrogens (tertiary/aromatic N) is 1. The van der Waals surface area contributed by atoms with Gasteiger partial charge >= 0.3 is 5.97 Å².